The van der Waals surface area contributed by atoms with Crippen LogP contribution in [0.2, 0.25) is 0 Å². The van der Waals surface area contributed by atoms with E-state index in [1.54, 1.807) is 25.7 Å². The Balaban J connectivity index is 1.37. The average molecular weight is 234 g/mol. The van der Waals surface area contributed by atoms with Crippen molar-refractivity contribution in [2.75, 3.05) is 0 Å². The van der Waals surface area contributed by atoms with Crippen molar-refractivity contribution in [2.45, 2.75) is 25.7 Å². The van der Waals surface area contributed by atoms with Gasteiger partial charge in [0.1, 0.15) is 0 Å². The molecule has 10 aliphatic rings. The summed E-state index contributed by atoms with van der Waals surface area (Å²) in [6.45, 7) is 0. The summed E-state index contributed by atoms with van der Waals surface area (Å²) in [7, 11) is 0. The van der Waals surface area contributed by atoms with Gasteiger partial charge in [-0.15, -0.1) is 0 Å². The van der Waals surface area contributed by atoms with E-state index in [4.69, 9.17) is 0 Å². The van der Waals surface area contributed by atoms with Crippen LogP contribution < -0.4 is 0 Å². The van der Waals surface area contributed by atoms with Crippen molar-refractivity contribution in [3.05, 3.63) is 0 Å². The summed E-state index contributed by atoms with van der Waals surface area (Å²) in [6.07, 6.45) is 6.83. The van der Waals surface area contributed by atoms with Gasteiger partial charge in [0.2, 0.25) is 0 Å². The molecule has 4 spiro atoms. The van der Waals surface area contributed by atoms with E-state index in [0.717, 1.165) is 21.7 Å². The Labute approximate surface area is 107 Å². The Kier molecular flexibility index (Phi) is 0.513. The third-order valence-electron chi connectivity index (χ3n) is 12.7. The number of fused-ring (bicyclic) bond motifs is 6. The van der Waals surface area contributed by atoms with Crippen molar-refractivity contribution in [1.82, 2.24) is 0 Å². The molecule has 10 fully saturated rings. The van der Waals surface area contributed by atoms with Gasteiger partial charge >= 0.3 is 0 Å². The first-order valence-corrected chi connectivity index (χ1v) is 8.90. The molecule has 0 radical (unpaired) electrons. The van der Waals surface area contributed by atoms with Crippen LogP contribution in [-0.2, 0) is 0 Å². The highest BCUT2D eigenvalue weighted by Crippen LogP contribution is 3.24. The lowest BCUT2D eigenvalue weighted by Crippen LogP contribution is -3.21. The Morgan fingerprint density at radius 2 is 0.833 bits per heavy atom. The van der Waals surface area contributed by atoms with Gasteiger partial charge in [-0.1, -0.05) is 0 Å². The second-order valence-corrected chi connectivity index (χ2v) is 10.5. The van der Waals surface area contributed by atoms with E-state index in [1.807, 2.05) is 0 Å². The van der Waals surface area contributed by atoms with E-state index in [1.165, 1.54) is 59.2 Å². The summed E-state index contributed by atoms with van der Waals surface area (Å²) in [4.78, 5) is 0. The van der Waals surface area contributed by atoms with Crippen LogP contribution in [0.1, 0.15) is 25.7 Å². The van der Waals surface area contributed by atoms with Crippen molar-refractivity contribution in [3.63, 3.8) is 0 Å². The lowest BCUT2D eigenvalue weighted by Gasteiger charge is -3.24. The van der Waals surface area contributed by atoms with E-state index < -0.39 is 0 Å². The second-order valence-electron chi connectivity index (χ2n) is 10.5. The molecular formula is C18H18. The number of rotatable bonds is 0. The molecule has 10 rings (SSSR count). The quantitative estimate of drug-likeness (QED) is 0.604. The van der Waals surface area contributed by atoms with Gasteiger partial charge in [0.15, 0.2) is 0 Å². The standard InChI is InChI=1S/C18H18/c1-5-2-8-13-14-10-4-6-3-9-12-11-7(1)15(5,8)17(11,13)18(12,14)16(6,9)10/h5-14H,1-4H2/t5?,6?,7-,8+,9+,10-,11-,12+,13+,14-,15?,16?,17?,18?. The van der Waals surface area contributed by atoms with E-state index in [9.17, 15) is 0 Å². The molecule has 14 atom stereocenters. The summed E-state index contributed by atoms with van der Waals surface area (Å²) in [5.74, 6) is 13.2. The minimum Gasteiger partial charge on any atom is -0.0461 e. The minimum atomic E-state index is 1.08. The maximum Gasteiger partial charge on any atom is -0.00968 e. The van der Waals surface area contributed by atoms with Gasteiger partial charge in [-0.05, 0) is 107 Å². The van der Waals surface area contributed by atoms with Gasteiger partial charge in [-0.25, -0.2) is 0 Å². The molecule has 0 N–H and O–H groups in total. The summed E-state index contributed by atoms with van der Waals surface area (Å²) >= 11 is 0. The van der Waals surface area contributed by atoms with E-state index in [0.29, 0.717) is 0 Å². The first-order chi connectivity index (χ1) is 8.90. The maximum absolute atomic E-state index is 1.71. The van der Waals surface area contributed by atoms with Gasteiger partial charge in [-0.2, -0.15) is 0 Å². The predicted octanol–water partition coefficient (Wildman–Crippen LogP) is 2.79. The highest BCUT2D eigenvalue weighted by molar-refractivity contribution is 5.66. The minimum absolute atomic E-state index is 1.08. The zero-order valence-corrected chi connectivity index (χ0v) is 10.6. The van der Waals surface area contributed by atoms with Crippen LogP contribution in [0.5, 0.6) is 0 Å². The summed E-state index contributed by atoms with van der Waals surface area (Å²) in [5.41, 5.74) is 4.35. The molecule has 0 saturated heterocycles. The fraction of sp³-hybridized carbons (Fsp3) is 1.00. The molecular weight excluding hydrogens is 216 g/mol. The van der Waals surface area contributed by atoms with Crippen molar-refractivity contribution < 1.29 is 0 Å². The molecule has 0 bridgehead atoms. The van der Waals surface area contributed by atoms with Crippen molar-refractivity contribution >= 4 is 0 Å². The third kappa shape index (κ3) is 0.223. The summed E-state index contributed by atoms with van der Waals surface area (Å²) < 4.78 is 0. The molecule has 10 aliphatic carbocycles. The first kappa shape index (κ1) is 7.14. The van der Waals surface area contributed by atoms with E-state index in [2.05, 4.69) is 0 Å². The SMILES string of the molecule is C1C2C[C@H]3[C@H]4[C@H]5[C@H]6CC7C[C@H]8[C@H]9[C@H]%10[C@@H]1C23C4%10C95C768. The van der Waals surface area contributed by atoms with Crippen LogP contribution in [-0.4, -0.2) is 0 Å². The molecule has 0 aliphatic heterocycles. The van der Waals surface area contributed by atoms with E-state index >= 15 is 0 Å². The molecule has 0 aromatic heterocycles. The second kappa shape index (κ2) is 1.29. The molecule has 0 aromatic rings. The lowest BCUT2D eigenvalue weighted by atomic mass is 8.80. The summed E-state index contributed by atoms with van der Waals surface area (Å²) in [5, 5.41) is 0. The molecule has 10 saturated carbocycles. The van der Waals surface area contributed by atoms with Crippen LogP contribution in [0.15, 0.2) is 0 Å². The number of hydrogen-bond donors (Lipinski definition) is 0. The normalized spacial score (nSPS) is 108. The lowest BCUT2D eigenvalue weighted by molar-refractivity contribution is -0.777. The smallest absolute Gasteiger partial charge is 0.00968 e. The van der Waals surface area contributed by atoms with Gasteiger partial charge in [-0.3, -0.25) is 0 Å². The molecule has 0 aromatic carbocycles. The monoisotopic (exact) mass is 234 g/mol. The highest BCUT2D eigenvalue weighted by Gasteiger charge is 3.21. The molecule has 18 heavy (non-hydrogen) atoms. The average Bonchev–Trinajstić information content (AvgIpc) is 2.24. The third-order valence-corrected chi connectivity index (χ3v) is 12.7. The van der Waals surface area contributed by atoms with Crippen LogP contribution in [0, 0.1) is 80.8 Å². The zero-order valence-electron chi connectivity index (χ0n) is 10.6. The van der Waals surface area contributed by atoms with Crippen molar-refractivity contribution in [3.8, 4) is 0 Å². The fourth-order valence-electron chi connectivity index (χ4n) is 14.0. The van der Waals surface area contributed by atoms with Gasteiger partial charge < -0.3 is 0 Å². The topological polar surface area (TPSA) is 0 Å². The van der Waals surface area contributed by atoms with Crippen LogP contribution in [0.4, 0.5) is 0 Å². The largest absolute Gasteiger partial charge is 0.0461 e. The molecule has 0 nitrogen and oxygen atoms in total. The van der Waals surface area contributed by atoms with Crippen LogP contribution in [0.25, 0.3) is 0 Å². The first-order valence-electron chi connectivity index (χ1n) is 8.90. The van der Waals surface area contributed by atoms with Gasteiger partial charge in [0.05, 0.1) is 0 Å². The van der Waals surface area contributed by atoms with Crippen LogP contribution in [0.3, 0.4) is 0 Å². The van der Waals surface area contributed by atoms with Gasteiger partial charge in [0.25, 0.3) is 0 Å². The highest BCUT2D eigenvalue weighted by atomic mass is 15.2. The Morgan fingerprint density at radius 1 is 0.500 bits per heavy atom. The molecule has 90 valence electrons. The predicted molar refractivity (Wildman–Crippen MR) is 63.1 cm³/mol. The Morgan fingerprint density at radius 3 is 1.11 bits per heavy atom. The molecule has 0 heteroatoms. The van der Waals surface area contributed by atoms with Crippen molar-refractivity contribution in [1.29, 1.82) is 0 Å². The van der Waals surface area contributed by atoms with Gasteiger partial charge in [0, 0.05) is 0 Å². The van der Waals surface area contributed by atoms with E-state index in [-0.39, 0.29) is 0 Å². The molecule has 6 unspecified atom stereocenters. The Bertz CT molecular complexity index is 574. The van der Waals surface area contributed by atoms with Crippen molar-refractivity contribution in [2.24, 2.45) is 80.8 Å². The van der Waals surface area contributed by atoms with Crippen LogP contribution >= 0.6 is 0 Å². The Hall–Kier alpha value is 0. The molecule has 0 amide bonds. The summed E-state index contributed by atoms with van der Waals surface area (Å²) in [6, 6.07) is 0. The molecule has 0 heterocycles. The zero-order chi connectivity index (χ0) is 10.6. The maximum atomic E-state index is 1.71. The number of hydrogen-bond acceptors (Lipinski definition) is 0. The fourth-order valence-corrected chi connectivity index (χ4v) is 14.0.